The number of carbonyl (C=O) groups is 2. The number of ether oxygens (including phenoxy) is 1. The van der Waals surface area contributed by atoms with Gasteiger partial charge in [-0.25, -0.2) is 10.6 Å². The van der Waals surface area contributed by atoms with E-state index in [2.05, 4.69) is 10.6 Å². The maximum atomic E-state index is 11.8. The third-order valence-electron chi connectivity index (χ3n) is 2.49. The summed E-state index contributed by atoms with van der Waals surface area (Å²) >= 11 is 5.80. The molecule has 0 saturated heterocycles. The highest BCUT2D eigenvalue weighted by atomic mass is 35.5. The molecule has 7 nitrogen and oxygen atoms in total. The molecule has 1 rings (SSSR count). The summed E-state index contributed by atoms with van der Waals surface area (Å²) in [5, 5.41) is 6.05. The Kier molecular flexibility index (Phi) is 6.45. The van der Waals surface area contributed by atoms with Crippen molar-refractivity contribution in [1.29, 1.82) is 0 Å². The van der Waals surface area contributed by atoms with Crippen molar-refractivity contribution in [1.82, 2.24) is 10.7 Å². The smallest absolute Gasteiger partial charge is 0.407 e. The maximum Gasteiger partial charge on any atom is 0.407 e. The molecule has 8 heteroatoms. The summed E-state index contributed by atoms with van der Waals surface area (Å²) in [5.41, 5.74) is 2.11. The second-order valence-electron chi connectivity index (χ2n) is 5.60. The van der Waals surface area contributed by atoms with Gasteiger partial charge < -0.3 is 15.4 Å². The van der Waals surface area contributed by atoms with Gasteiger partial charge in [0.15, 0.2) is 0 Å². The van der Waals surface area contributed by atoms with Gasteiger partial charge in [-0.15, -0.1) is 0 Å². The SMILES string of the molecule is CC(C)(C)OC(=O)NC[C@H](Nc1ccc(Cl)cc1)C(=O)NN. The zero-order valence-electron chi connectivity index (χ0n) is 12.8. The van der Waals surface area contributed by atoms with Gasteiger partial charge in [-0.05, 0) is 45.0 Å². The van der Waals surface area contributed by atoms with Gasteiger partial charge in [0, 0.05) is 10.7 Å². The number of amides is 2. The van der Waals surface area contributed by atoms with Crippen LogP contribution in [-0.2, 0) is 9.53 Å². The Labute approximate surface area is 134 Å². The van der Waals surface area contributed by atoms with E-state index in [0.717, 1.165) is 0 Å². The van der Waals surface area contributed by atoms with Crippen LogP contribution in [0.15, 0.2) is 24.3 Å². The maximum absolute atomic E-state index is 11.8. The molecule has 0 bridgehead atoms. The third-order valence-corrected chi connectivity index (χ3v) is 2.75. The Morgan fingerprint density at radius 3 is 2.36 bits per heavy atom. The quantitative estimate of drug-likeness (QED) is 0.373. The molecule has 2 amide bonds. The molecule has 1 aromatic rings. The summed E-state index contributed by atoms with van der Waals surface area (Å²) < 4.78 is 5.11. The van der Waals surface area contributed by atoms with E-state index in [1.165, 1.54) is 0 Å². The fraction of sp³-hybridized carbons (Fsp3) is 0.429. The molecule has 0 unspecified atom stereocenters. The van der Waals surface area contributed by atoms with Crippen LogP contribution in [-0.4, -0.2) is 30.2 Å². The van der Waals surface area contributed by atoms with Crippen molar-refractivity contribution in [3.05, 3.63) is 29.3 Å². The van der Waals surface area contributed by atoms with E-state index >= 15 is 0 Å². The van der Waals surface area contributed by atoms with E-state index in [4.69, 9.17) is 22.2 Å². The van der Waals surface area contributed by atoms with Gasteiger partial charge in [0.05, 0.1) is 6.54 Å². The molecule has 0 saturated carbocycles. The van der Waals surface area contributed by atoms with Crippen molar-refractivity contribution >= 4 is 29.3 Å². The van der Waals surface area contributed by atoms with Crippen LogP contribution in [0, 0.1) is 0 Å². The van der Waals surface area contributed by atoms with E-state index in [1.807, 2.05) is 5.43 Å². The Morgan fingerprint density at radius 2 is 1.86 bits per heavy atom. The van der Waals surface area contributed by atoms with Crippen LogP contribution >= 0.6 is 11.6 Å². The predicted octanol–water partition coefficient (Wildman–Crippen LogP) is 1.64. The molecule has 22 heavy (non-hydrogen) atoms. The second-order valence-corrected chi connectivity index (χ2v) is 6.03. The highest BCUT2D eigenvalue weighted by Gasteiger charge is 2.21. The first kappa shape index (κ1) is 18.1. The minimum Gasteiger partial charge on any atom is -0.444 e. The molecule has 0 aliphatic heterocycles. The Bertz CT molecular complexity index is 514. The van der Waals surface area contributed by atoms with Crippen LogP contribution in [0.3, 0.4) is 0 Å². The van der Waals surface area contributed by atoms with Crippen molar-refractivity contribution in [3.8, 4) is 0 Å². The van der Waals surface area contributed by atoms with Gasteiger partial charge in [-0.1, -0.05) is 11.6 Å². The summed E-state index contributed by atoms with van der Waals surface area (Å²) in [6, 6.07) is 6.04. The first-order valence-electron chi connectivity index (χ1n) is 6.70. The first-order chi connectivity index (χ1) is 10.2. The largest absolute Gasteiger partial charge is 0.444 e. The molecule has 5 N–H and O–H groups in total. The van der Waals surface area contributed by atoms with Crippen molar-refractivity contribution in [3.63, 3.8) is 0 Å². The first-order valence-corrected chi connectivity index (χ1v) is 7.08. The number of benzene rings is 1. The van der Waals surface area contributed by atoms with Crippen LogP contribution in [0.25, 0.3) is 0 Å². The number of hydrazine groups is 1. The number of nitrogens with two attached hydrogens (primary N) is 1. The summed E-state index contributed by atoms with van der Waals surface area (Å²) in [6.07, 6.45) is -0.611. The number of alkyl carbamates (subject to hydrolysis) is 1. The summed E-state index contributed by atoms with van der Waals surface area (Å²) in [7, 11) is 0. The molecule has 0 aliphatic carbocycles. The third kappa shape index (κ3) is 6.64. The standard InChI is InChI=1S/C14H21ClN4O3/c1-14(2,3)22-13(21)17-8-11(12(20)19-16)18-10-6-4-9(15)5-7-10/h4-7,11,18H,8,16H2,1-3H3,(H,17,21)(H,19,20)/t11-/m0/s1. The highest BCUT2D eigenvalue weighted by Crippen LogP contribution is 2.14. The summed E-state index contributed by atoms with van der Waals surface area (Å²) in [6.45, 7) is 5.27. The number of carbonyl (C=O) groups excluding carboxylic acids is 2. The van der Waals surface area contributed by atoms with Crippen LogP contribution < -0.4 is 21.9 Å². The lowest BCUT2D eigenvalue weighted by Gasteiger charge is -2.22. The molecule has 1 atom stereocenters. The van der Waals surface area contributed by atoms with Gasteiger partial charge in [0.2, 0.25) is 0 Å². The number of nitrogens with one attached hydrogen (secondary N) is 3. The predicted molar refractivity (Wildman–Crippen MR) is 85.4 cm³/mol. The zero-order chi connectivity index (χ0) is 16.8. The lowest BCUT2D eigenvalue weighted by atomic mass is 10.2. The van der Waals surface area contributed by atoms with Crippen molar-refractivity contribution in [2.24, 2.45) is 5.84 Å². The van der Waals surface area contributed by atoms with Gasteiger partial charge >= 0.3 is 6.09 Å². The Hall–Kier alpha value is -1.99. The van der Waals surface area contributed by atoms with Crippen LogP contribution in [0.1, 0.15) is 20.8 Å². The van der Waals surface area contributed by atoms with Crippen LogP contribution in [0.5, 0.6) is 0 Å². The minimum absolute atomic E-state index is 0.0145. The lowest BCUT2D eigenvalue weighted by Crippen LogP contribution is -2.49. The molecule has 0 aromatic heterocycles. The van der Waals surface area contributed by atoms with Crippen molar-refractivity contribution in [2.45, 2.75) is 32.4 Å². The number of halogens is 1. The number of hydrogen-bond acceptors (Lipinski definition) is 5. The zero-order valence-corrected chi connectivity index (χ0v) is 13.5. The molecular formula is C14H21ClN4O3. The van der Waals surface area contributed by atoms with E-state index in [9.17, 15) is 9.59 Å². The molecule has 0 radical (unpaired) electrons. The lowest BCUT2D eigenvalue weighted by molar-refractivity contribution is -0.121. The second kappa shape index (κ2) is 7.86. The monoisotopic (exact) mass is 328 g/mol. The van der Waals surface area contributed by atoms with Crippen molar-refractivity contribution in [2.75, 3.05) is 11.9 Å². The topological polar surface area (TPSA) is 105 Å². The van der Waals surface area contributed by atoms with Gasteiger partial charge in [-0.2, -0.15) is 0 Å². The molecule has 0 spiro atoms. The molecule has 122 valence electrons. The summed E-state index contributed by atoms with van der Waals surface area (Å²) in [4.78, 5) is 23.4. The Morgan fingerprint density at radius 1 is 1.27 bits per heavy atom. The number of anilines is 1. The molecule has 1 aromatic carbocycles. The molecule has 0 aliphatic rings. The Balaban J connectivity index is 2.63. The van der Waals surface area contributed by atoms with E-state index < -0.39 is 23.6 Å². The fourth-order valence-corrected chi connectivity index (χ4v) is 1.68. The fourth-order valence-electron chi connectivity index (χ4n) is 1.56. The van der Waals surface area contributed by atoms with E-state index in [0.29, 0.717) is 10.7 Å². The van der Waals surface area contributed by atoms with Gasteiger partial charge in [0.25, 0.3) is 5.91 Å². The van der Waals surface area contributed by atoms with Crippen LogP contribution in [0.2, 0.25) is 5.02 Å². The number of rotatable bonds is 5. The van der Waals surface area contributed by atoms with E-state index in [1.54, 1.807) is 45.0 Å². The average Bonchev–Trinajstić information content (AvgIpc) is 2.42. The summed E-state index contributed by atoms with van der Waals surface area (Å²) in [5.74, 6) is 4.69. The number of hydrogen-bond donors (Lipinski definition) is 4. The average molecular weight is 329 g/mol. The van der Waals surface area contributed by atoms with Gasteiger partial charge in [-0.3, -0.25) is 10.2 Å². The van der Waals surface area contributed by atoms with Crippen molar-refractivity contribution < 1.29 is 14.3 Å². The minimum atomic E-state index is -0.751. The molecule has 0 fully saturated rings. The normalized spacial score (nSPS) is 12.2. The van der Waals surface area contributed by atoms with Crippen LogP contribution in [0.4, 0.5) is 10.5 Å². The molecular weight excluding hydrogens is 308 g/mol. The molecule has 0 heterocycles. The van der Waals surface area contributed by atoms with E-state index in [-0.39, 0.29) is 6.54 Å². The highest BCUT2D eigenvalue weighted by molar-refractivity contribution is 6.30. The van der Waals surface area contributed by atoms with Gasteiger partial charge in [0.1, 0.15) is 11.6 Å².